The lowest BCUT2D eigenvalue weighted by molar-refractivity contribution is 0.357. The molecule has 0 saturated heterocycles. The van der Waals surface area contributed by atoms with E-state index in [9.17, 15) is 0 Å². The van der Waals surface area contributed by atoms with Crippen LogP contribution in [0.25, 0.3) is 21.5 Å². The number of rotatable bonds is 4. The van der Waals surface area contributed by atoms with Crippen molar-refractivity contribution in [2.24, 2.45) is 0 Å². The summed E-state index contributed by atoms with van der Waals surface area (Å²) in [4.78, 5) is 9.22. The molecule has 0 bridgehead atoms. The van der Waals surface area contributed by atoms with Crippen LogP contribution in [-0.2, 0) is 0 Å². The van der Waals surface area contributed by atoms with Crippen LogP contribution in [0.4, 0.5) is 0 Å². The third-order valence-corrected chi connectivity index (χ3v) is 4.48. The van der Waals surface area contributed by atoms with Gasteiger partial charge in [0, 0.05) is 10.9 Å². The van der Waals surface area contributed by atoms with E-state index in [2.05, 4.69) is 30.3 Å². The molecular weight excluding hydrogens is 296 g/mol. The first-order valence-electron chi connectivity index (χ1n) is 7.11. The van der Waals surface area contributed by atoms with Crippen LogP contribution in [-0.4, -0.2) is 24.2 Å². The number of thiazole rings is 1. The lowest BCUT2D eigenvalue weighted by Crippen LogP contribution is -1.95. The molecular formula is C17H18N2O2S. The highest BCUT2D eigenvalue weighted by molar-refractivity contribution is 7.13. The topological polar surface area (TPSA) is 44.2 Å². The van der Waals surface area contributed by atoms with Gasteiger partial charge in [0.25, 0.3) is 0 Å². The average Bonchev–Trinajstić information content (AvgIpc) is 3.03. The second-order valence-electron chi connectivity index (χ2n) is 5.29. The molecule has 4 nitrogen and oxygen atoms in total. The van der Waals surface area contributed by atoms with Gasteiger partial charge in [0.1, 0.15) is 5.01 Å². The van der Waals surface area contributed by atoms with E-state index in [1.54, 1.807) is 31.8 Å². The highest BCUT2D eigenvalue weighted by Gasteiger charge is 2.17. The SMILES string of the molecule is COc1cnc2cccc(-c3nc(C(C)C)cs3)c2c1OC. The summed E-state index contributed by atoms with van der Waals surface area (Å²) in [5, 5.41) is 4.02. The van der Waals surface area contributed by atoms with Crippen molar-refractivity contribution in [3.05, 3.63) is 35.5 Å². The van der Waals surface area contributed by atoms with Crippen LogP contribution in [0.5, 0.6) is 11.5 Å². The molecule has 0 aliphatic carbocycles. The number of ether oxygens (including phenoxy) is 2. The summed E-state index contributed by atoms with van der Waals surface area (Å²) in [6.07, 6.45) is 1.69. The largest absolute Gasteiger partial charge is 0.492 e. The van der Waals surface area contributed by atoms with Gasteiger partial charge in [0.2, 0.25) is 0 Å². The Labute approximate surface area is 133 Å². The number of hydrogen-bond donors (Lipinski definition) is 0. The van der Waals surface area contributed by atoms with Crippen LogP contribution >= 0.6 is 11.3 Å². The molecule has 0 aliphatic heterocycles. The molecule has 0 atom stereocenters. The van der Waals surface area contributed by atoms with Crippen molar-refractivity contribution in [3.8, 4) is 22.1 Å². The fourth-order valence-electron chi connectivity index (χ4n) is 2.40. The predicted molar refractivity (Wildman–Crippen MR) is 90.0 cm³/mol. The van der Waals surface area contributed by atoms with Crippen LogP contribution in [0, 0.1) is 0 Å². The Morgan fingerprint density at radius 2 is 1.95 bits per heavy atom. The zero-order valence-corrected chi connectivity index (χ0v) is 13.9. The van der Waals surface area contributed by atoms with Crippen molar-refractivity contribution in [1.82, 2.24) is 9.97 Å². The molecule has 0 radical (unpaired) electrons. The van der Waals surface area contributed by atoms with Crippen LogP contribution in [0.15, 0.2) is 29.8 Å². The van der Waals surface area contributed by atoms with E-state index in [-0.39, 0.29) is 0 Å². The van der Waals surface area contributed by atoms with Gasteiger partial charge in [0.15, 0.2) is 11.5 Å². The van der Waals surface area contributed by atoms with Crippen LogP contribution < -0.4 is 9.47 Å². The Hall–Kier alpha value is -2.14. The first-order valence-corrected chi connectivity index (χ1v) is 7.99. The molecule has 0 fully saturated rings. The van der Waals surface area contributed by atoms with Gasteiger partial charge in [-0.3, -0.25) is 4.98 Å². The van der Waals surface area contributed by atoms with Crippen molar-refractivity contribution < 1.29 is 9.47 Å². The summed E-state index contributed by atoms with van der Waals surface area (Å²) in [5.41, 5.74) is 3.00. The number of nitrogens with zero attached hydrogens (tertiary/aromatic N) is 2. The van der Waals surface area contributed by atoms with Gasteiger partial charge in [-0.05, 0) is 12.0 Å². The number of aromatic nitrogens is 2. The average molecular weight is 314 g/mol. The summed E-state index contributed by atoms with van der Waals surface area (Å²) < 4.78 is 11.0. The second kappa shape index (κ2) is 5.93. The predicted octanol–water partition coefficient (Wildman–Crippen LogP) is 4.50. The molecule has 2 aromatic heterocycles. The maximum absolute atomic E-state index is 5.58. The molecule has 0 saturated carbocycles. The van der Waals surface area contributed by atoms with Gasteiger partial charge in [-0.15, -0.1) is 11.3 Å². The molecule has 3 aromatic rings. The fraction of sp³-hybridized carbons (Fsp3) is 0.294. The monoisotopic (exact) mass is 314 g/mol. The minimum absolute atomic E-state index is 0.412. The molecule has 0 spiro atoms. The van der Waals surface area contributed by atoms with Gasteiger partial charge >= 0.3 is 0 Å². The van der Waals surface area contributed by atoms with Crippen molar-refractivity contribution in [2.45, 2.75) is 19.8 Å². The Morgan fingerprint density at radius 1 is 1.14 bits per heavy atom. The Bertz CT molecular complexity index is 812. The zero-order valence-electron chi connectivity index (χ0n) is 13.1. The molecule has 114 valence electrons. The first-order chi connectivity index (χ1) is 10.7. The molecule has 0 aliphatic rings. The van der Waals surface area contributed by atoms with E-state index < -0.39 is 0 Å². The summed E-state index contributed by atoms with van der Waals surface area (Å²) >= 11 is 1.64. The molecule has 0 unspecified atom stereocenters. The lowest BCUT2D eigenvalue weighted by Gasteiger charge is -2.12. The summed E-state index contributed by atoms with van der Waals surface area (Å²) in [5.74, 6) is 1.74. The maximum atomic E-state index is 5.58. The van der Waals surface area contributed by atoms with Crippen molar-refractivity contribution in [1.29, 1.82) is 0 Å². The van der Waals surface area contributed by atoms with E-state index >= 15 is 0 Å². The van der Waals surface area contributed by atoms with Crippen molar-refractivity contribution in [3.63, 3.8) is 0 Å². The van der Waals surface area contributed by atoms with E-state index in [1.165, 1.54) is 0 Å². The number of benzene rings is 1. The van der Waals surface area contributed by atoms with E-state index in [1.807, 2.05) is 12.1 Å². The Kier molecular flexibility index (Phi) is 3.98. The smallest absolute Gasteiger partial charge is 0.179 e. The van der Waals surface area contributed by atoms with E-state index in [0.29, 0.717) is 17.4 Å². The number of methoxy groups -OCH3 is 2. The summed E-state index contributed by atoms with van der Waals surface area (Å²) in [7, 11) is 3.27. The highest BCUT2D eigenvalue weighted by atomic mass is 32.1. The quantitative estimate of drug-likeness (QED) is 0.711. The van der Waals surface area contributed by atoms with Crippen molar-refractivity contribution >= 4 is 22.2 Å². The third-order valence-electron chi connectivity index (χ3n) is 3.58. The van der Waals surface area contributed by atoms with E-state index in [4.69, 9.17) is 14.5 Å². The molecule has 22 heavy (non-hydrogen) atoms. The first kappa shape index (κ1) is 14.8. The van der Waals surface area contributed by atoms with Gasteiger partial charge in [0.05, 0.1) is 37.0 Å². The van der Waals surface area contributed by atoms with Crippen molar-refractivity contribution in [2.75, 3.05) is 14.2 Å². The van der Waals surface area contributed by atoms with Crippen LogP contribution in [0.2, 0.25) is 0 Å². The van der Waals surface area contributed by atoms with E-state index in [0.717, 1.165) is 27.2 Å². The Morgan fingerprint density at radius 3 is 2.59 bits per heavy atom. The van der Waals surface area contributed by atoms with Gasteiger partial charge in [-0.2, -0.15) is 0 Å². The molecule has 3 rings (SSSR count). The highest BCUT2D eigenvalue weighted by Crippen LogP contribution is 2.41. The molecule has 5 heteroatoms. The minimum atomic E-state index is 0.412. The number of pyridine rings is 1. The Balaban J connectivity index is 2.28. The standard InChI is InChI=1S/C17H18N2O2S/c1-10(2)13-9-22-17(19-13)11-6-5-7-12-15(11)16(21-4)14(20-3)8-18-12/h5-10H,1-4H3. The number of hydrogen-bond acceptors (Lipinski definition) is 5. The fourth-order valence-corrected chi connectivity index (χ4v) is 3.41. The molecule has 0 amide bonds. The zero-order chi connectivity index (χ0) is 15.7. The maximum Gasteiger partial charge on any atom is 0.179 e. The summed E-state index contributed by atoms with van der Waals surface area (Å²) in [6, 6.07) is 6.01. The van der Waals surface area contributed by atoms with Gasteiger partial charge in [-0.25, -0.2) is 4.98 Å². The number of fused-ring (bicyclic) bond motifs is 1. The van der Waals surface area contributed by atoms with Crippen LogP contribution in [0.1, 0.15) is 25.5 Å². The molecule has 2 heterocycles. The lowest BCUT2D eigenvalue weighted by atomic mass is 10.1. The third kappa shape index (κ3) is 2.41. The van der Waals surface area contributed by atoms with Gasteiger partial charge < -0.3 is 9.47 Å². The molecule has 0 N–H and O–H groups in total. The second-order valence-corrected chi connectivity index (χ2v) is 6.15. The minimum Gasteiger partial charge on any atom is -0.492 e. The van der Waals surface area contributed by atoms with Crippen LogP contribution in [0.3, 0.4) is 0 Å². The van der Waals surface area contributed by atoms with Gasteiger partial charge in [-0.1, -0.05) is 26.0 Å². The normalized spacial score (nSPS) is 11.1. The molecule has 1 aromatic carbocycles. The summed E-state index contributed by atoms with van der Waals surface area (Å²) in [6.45, 7) is 4.29.